The van der Waals surface area contributed by atoms with Crippen molar-refractivity contribution < 1.29 is 9.53 Å². The molecule has 3 aromatic rings. The Kier molecular flexibility index (Phi) is 6.32. The van der Waals surface area contributed by atoms with Crippen molar-refractivity contribution >= 4 is 35.0 Å². The van der Waals surface area contributed by atoms with Gasteiger partial charge in [-0.25, -0.2) is 9.97 Å². The van der Waals surface area contributed by atoms with Crippen molar-refractivity contribution in [3.05, 3.63) is 65.9 Å². The highest BCUT2D eigenvalue weighted by molar-refractivity contribution is 8.00. The number of carbonyl (C=O) groups is 1. The third-order valence-corrected chi connectivity index (χ3v) is 5.07. The molecular weight excluding hydrogens is 382 g/mol. The van der Waals surface area contributed by atoms with Gasteiger partial charge in [0.25, 0.3) is 0 Å². The summed E-state index contributed by atoms with van der Waals surface area (Å²) in [6, 6.07) is 16.8. The molecule has 0 spiro atoms. The first-order valence-electron chi connectivity index (χ1n) is 8.25. The first-order chi connectivity index (χ1) is 13.1. The van der Waals surface area contributed by atoms with Crippen LogP contribution < -0.4 is 10.1 Å². The second-order valence-corrected chi connectivity index (χ2v) is 7.50. The minimum atomic E-state index is -0.368. The van der Waals surface area contributed by atoms with Gasteiger partial charge in [0.2, 0.25) is 5.91 Å². The van der Waals surface area contributed by atoms with Crippen LogP contribution in [-0.2, 0) is 4.79 Å². The molecule has 27 heavy (non-hydrogen) atoms. The number of amides is 1. The van der Waals surface area contributed by atoms with Crippen LogP contribution in [0.15, 0.2) is 66.0 Å². The number of ether oxygens (including phenoxy) is 1. The molecule has 1 N–H and O–H groups in total. The Labute approximate surface area is 167 Å². The average molecular weight is 400 g/mol. The second kappa shape index (κ2) is 8.88. The highest BCUT2D eigenvalue weighted by atomic mass is 35.5. The smallest absolute Gasteiger partial charge is 0.237 e. The summed E-state index contributed by atoms with van der Waals surface area (Å²) in [5, 5.41) is 3.74. The van der Waals surface area contributed by atoms with E-state index < -0.39 is 0 Å². The number of thioether (sulfide) groups is 1. The number of anilines is 1. The van der Waals surface area contributed by atoms with E-state index in [1.165, 1.54) is 18.1 Å². The van der Waals surface area contributed by atoms with Crippen LogP contribution in [0, 0.1) is 0 Å². The Hall–Kier alpha value is -2.57. The van der Waals surface area contributed by atoms with Crippen molar-refractivity contribution in [1.82, 2.24) is 9.97 Å². The first kappa shape index (κ1) is 19.2. The van der Waals surface area contributed by atoms with Crippen molar-refractivity contribution in [2.75, 3.05) is 12.4 Å². The molecule has 0 fully saturated rings. The Morgan fingerprint density at radius 1 is 1.15 bits per heavy atom. The van der Waals surface area contributed by atoms with Crippen molar-refractivity contribution in [2.24, 2.45) is 0 Å². The second-order valence-electron chi connectivity index (χ2n) is 5.70. The molecule has 0 radical (unpaired) electrons. The molecule has 2 aromatic carbocycles. The van der Waals surface area contributed by atoms with Gasteiger partial charge in [-0.1, -0.05) is 53.7 Å². The molecule has 138 valence electrons. The standard InChI is InChI=1S/C20H18ClN3O2S/c1-13(20(25)24-17-10-15(21)8-9-18(17)26-2)27-19-11-16(22-12-23-19)14-6-4-3-5-7-14/h3-13H,1-2H3,(H,24,25). The summed E-state index contributed by atoms with van der Waals surface area (Å²) >= 11 is 7.37. The molecule has 0 aliphatic rings. The number of carbonyl (C=O) groups excluding carboxylic acids is 1. The van der Waals surface area contributed by atoms with Crippen LogP contribution in [0.2, 0.25) is 5.02 Å². The van der Waals surface area contributed by atoms with Crippen molar-refractivity contribution in [2.45, 2.75) is 17.2 Å². The largest absolute Gasteiger partial charge is 0.495 e. The summed E-state index contributed by atoms with van der Waals surface area (Å²) in [5.74, 6) is 0.388. The topological polar surface area (TPSA) is 64.1 Å². The summed E-state index contributed by atoms with van der Waals surface area (Å²) in [7, 11) is 1.54. The van der Waals surface area contributed by atoms with Crippen LogP contribution in [0.3, 0.4) is 0 Å². The fourth-order valence-electron chi connectivity index (χ4n) is 2.42. The normalized spacial score (nSPS) is 11.7. The SMILES string of the molecule is COc1ccc(Cl)cc1NC(=O)C(C)Sc1cc(-c2ccccc2)ncn1. The molecule has 3 rings (SSSR count). The number of rotatable bonds is 6. The molecule has 1 aromatic heterocycles. The van der Waals surface area contributed by atoms with Gasteiger partial charge in [0.05, 0.1) is 23.7 Å². The summed E-state index contributed by atoms with van der Waals surface area (Å²) in [4.78, 5) is 21.2. The zero-order valence-corrected chi connectivity index (χ0v) is 16.4. The molecule has 0 bridgehead atoms. The molecule has 1 amide bonds. The van der Waals surface area contributed by atoms with Crippen LogP contribution in [0.4, 0.5) is 5.69 Å². The van der Waals surface area contributed by atoms with E-state index in [-0.39, 0.29) is 11.2 Å². The molecule has 1 atom stereocenters. The number of nitrogens with one attached hydrogen (secondary N) is 1. The van der Waals surface area contributed by atoms with Gasteiger partial charge in [0, 0.05) is 10.6 Å². The predicted octanol–water partition coefficient (Wildman–Crippen LogP) is 4.92. The number of halogens is 1. The zero-order chi connectivity index (χ0) is 19.2. The summed E-state index contributed by atoms with van der Waals surface area (Å²) in [6.45, 7) is 1.82. The number of aromatic nitrogens is 2. The Morgan fingerprint density at radius 2 is 1.93 bits per heavy atom. The molecule has 1 heterocycles. The average Bonchev–Trinajstić information content (AvgIpc) is 2.69. The van der Waals surface area contributed by atoms with Crippen LogP contribution in [0.1, 0.15) is 6.92 Å². The van der Waals surface area contributed by atoms with E-state index in [9.17, 15) is 4.79 Å². The van der Waals surface area contributed by atoms with Gasteiger partial charge in [-0.05, 0) is 31.2 Å². The van der Waals surface area contributed by atoms with Gasteiger partial charge in [0.15, 0.2) is 0 Å². The van der Waals surface area contributed by atoms with E-state index in [0.29, 0.717) is 16.5 Å². The maximum atomic E-state index is 12.6. The molecule has 0 aliphatic heterocycles. The fraction of sp³-hybridized carbons (Fsp3) is 0.150. The highest BCUT2D eigenvalue weighted by Gasteiger charge is 2.18. The van der Waals surface area contributed by atoms with Gasteiger partial charge in [-0.2, -0.15) is 0 Å². The van der Waals surface area contributed by atoms with E-state index in [2.05, 4.69) is 15.3 Å². The van der Waals surface area contributed by atoms with Gasteiger partial charge in [-0.15, -0.1) is 0 Å². The maximum Gasteiger partial charge on any atom is 0.237 e. The first-order valence-corrected chi connectivity index (χ1v) is 9.51. The monoisotopic (exact) mass is 399 g/mol. The number of methoxy groups -OCH3 is 1. The Morgan fingerprint density at radius 3 is 2.67 bits per heavy atom. The molecule has 0 aliphatic carbocycles. The molecule has 0 saturated carbocycles. The Balaban J connectivity index is 1.71. The van der Waals surface area contributed by atoms with E-state index >= 15 is 0 Å². The lowest BCUT2D eigenvalue weighted by atomic mass is 10.1. The number of benzene rings is 2. The maximum absolute atomic E-state index is 12.6. The fourth-order valence-corrected chi connectivity index (χ4v) is 3.41. The lowest BCUT2D eigenvalue weighted by Gasteiger charge is -2.14. The number of hydrogen-bond acceptors (Lipinski definition) is 5. The lowest BCUT2D eigenvalue weighted by Crippen LogP contribution is -2.22. The van der Waals surface area contributed by atoms with Crippen LogP contribution in [0.5, 0.6) is 5.75 Å². The van der Waals surface area contributed by atoms with Gasteiger partial charge in [-0.3, -0.25) is 4.79 Å². The number of nitrogens with zero attached hydrogens (tertiary/aromatic N) is 2. The minimum Gasteiger partial charge on any atom is -0.495 e. The van der Waals surface area contributed by atoms with Crippen LogP contribution >= 0.6 is 23.4 Å². The Bertz CT molecular complexity index is 938. The molecule has 7 heteroatoms. The molecule has 5 nitrogen and oxygen atoms in total. The summed E-state index contributed by atoms with van der Waals surface area (Å²) in [5.41, 5.74) is 2.36. The molecular formula is C20H18ClN3O2S. The van der Waals surface area contributed by atoms with E-state index in [1.807, 2.05) is 43.3 Å². The highest BCUT2D eigenvalue weighted by Crippen LogP contribution is 2.30. The van der Waals surface area contributed by atoms with E-state index in [0.717, 1.165) is 16.3 Å². The van der Waals surface area contributed by atoms with E-state index in [4.69, 9.17) is 16.3 Å². The van der Waals surface area contributed by atoms with E-state index in [1.54, 1.807) is 25.3 Å². The quantitative estimate of drug-likeness (QED) is 0.470. The third kappa shape index (κ3) is 4.99. The zero-order valence-electron chi connectivity index (χ0n) is 14.8. The van der Waals surface area contributed by atoms with Crippen molar-refractivity contribution in [1.29, 1.82) is 0 Å². The van der Waals surface area contributed by atoms with Crippen molar-refractivity contribution in [3.8, 4) is 17.0 Å². The van der Waals surface area contributed by atoms with Gasteiger partial charge in [0.1, 0.15) is 17.1 Å². The summed E-state index contributed by atoms with van der Waals surface area (Å²) in [6.07, 6.45) is 1.51. The predicted molar refractivity (Wildman–Crippen MR) is 109 cm³/mol. The van der Waals surface area contributed by atoms with Crippen LogP contribution in [-0.4, -0.2) is 28.2 Å². The molecule has 1 unspecified atom stereocenters. The van der Waals surface area contributed by atoms with Crippen molar-refractivity contribution in [3.63, 3.8) is 0 Å². The number of hydrogen-bond donors (Lipinski definition) is 1. The van der Waals surface area contributed by atoms with Gasteiger partial charge >= 0.3 is 0 Å². The lowest BCUT2D eigenvalue weighted by molar-refractivity contribution is -0.115. The van der Waals surface area contributed by atoms with Gasteiger partial charge < -0.3 is 10.1 Å². The minimum absolute atomic E-state index is 0.166. The summed E-state index contributed by atoms with van der Waals surface area (Å²) < 4.78 is 5.26. The molecule has 0 saturated heterocycles. The van der Waals surface area contributed by atoms with Crippen LogP contribution in [0.25, 0.3) is 11.3 Å². The third-order valence-electron chi connectivity index (χ3n) is 3.80.